The minimum absolute atomic E-state index is 0.0332. The third-order valence-corrected chi connectivity index (χ3v) is 5.95. The molecule has 0 aromatic heterocycles. The van der Waals surface area contributed by atoms with E-state index < -0.39 is 10.0 Å². The van der Waals surface area contributed by atoms with Gasteiger partial charge >= 0.3 is 0 Å². The van der Waals surface area contributed by atoms with Crippen LogP contribution in [0.15, 0.2) is 29.2 Å². The summed E-state index contributed by atoms with van der Waals surface area (Å²) in [7, 11) is -3.69. The first kappa shape index (κ1) is 18.2. The van der Waals surface area contributed by atoms with Gasteiger partial charge in [-0.15, -0.1) is 0 Å². The minimum atomic E-state index is -3.69. The van der Waals surface area contributed by atoms with E-state index in [0.29, 0.717) is 0 Å². The highest BCUT2D eigenvalue weighted by atomic mass is 35.5. The second kappa shape index (κ2) is 8.66. The van der Waals surface area contributed by atoms with E-state index in [0.717, 1.165) is 25.7 Å². The summed E-state index contributed by atoms with van der Waals surface area (Å²) in [6.07, 6.45) is 6.89. The van der Waals surface area contributed by atoms with Gasteiger partial charge in [0, 0.05) is 19.0 Å². The van der Waals surface area contributed by atoms with Gasteiger partial charge in [-0.2, -0.15) is 0 Å². The third kappa shape index (κ3) is 5.79. The molecule has 1 aliphatic rings. The SMILES string of the molecule is O=C(CCNS(=O)(=O)c1ccccc1Cl)NC1CCCCCC1. The van der Waals surface area contributed by atoms with E-state index in [1.807, 2.05) is 0 Å². The van der Waals surface area contributed by atoms with Crippen molar-refractivity contribution in [3.8, 4) is 0 Å². The summed E-state index contributed by atoms with van der Waals surface area (Å²) in [5, 5.41) is 3.17. The van der Waals surface area contributed by atoms with Gasteiger partial charge < -0.3 is 5.32 Å². The van der Waals surface area contributed by atoms with Crippen LogP contribution in [-0.4, -0.2) is 26.9 Å². The molecule has 0 radical (unpaired) electrons. The average molecular weight is 359 g/mol. The molecule has 1 amide bonds. The Morgan fingerprint density at radius 1 is 1.13 bits per heavy atom. The molecule has 128 valence electrons. The second-order valence-electron chi connectivity index (χ2n) is 5.83. The molecule has 5 nitrogen and oxygen atoms in total. The molecule has 0 unspecified atom stereocenters. The molecule has 2 rings (SSSR count). The Labute approximate surface area is 142 Å². The van der Waals surface area contributed by atoms with Gasteiger partial charge in [-0.05, 0) is 25.0 Å². The molecule has 0 atom stereocenters. The first-order valence-corrected chi connectivity index (χ1v) is 9.89. The fraction of sp³-hybridized carbons (Fsp3) is 0.562. The summed E-state index contributed by atoms with van der Waals surface area (Å²) < 4.78 is 26.7. The first-order valence-electron chi connectivity index (χ1n) is 8.02. The van der Waals surface area contributed by atoms with E-state index >= 15 is 0 Å². The fourth-order valence-electron chi connectivity index (χ4n) is 2.76. The zero-order valence-electron chi connectivity index (χ0n) is 13.1. The van der Waals surface area contributed by atoms with E-state index in [2.05, 4.69) is 10.0 Å². The molecule has 0 saturated heterocycles. The van der Waals surface area contributed by atoms with Crippen molar-refractivity contribution in [1.29, 1.82) is 0 Å². The number of hydrogen-bond donors (Lipinski definition) is 2. The standard InChI is InChI=1S/C16H23ClN2O3S/c17-14-9-5-6-10-15(14)23(21,22)18-12-11-16(20)19-13-7-3-1-2-4-8-13/h5-6,9-10,13,18H,1-4,7-8,11-12H2,(H,19,20). The number of carbonyl (C=O) groups is 1. The van der Waals surface area contributed by atoms with Crippen molar-refractivity contribution in [3.05, 3.63) is 29.3 Å². The number of rotatable bonds is 6. The lowest BCUT2D eigenvalue weighted by molar-refractivity contribution is -0.121. The second-order valence-corrected chi connectivity index (χ2v) is 7.98. The van der Waals surface area contributed by atoms with Crippen LogP contribution < -0.4 is 10.0 Å². The monoisotopic (exact) mass is 358 g/mol. The summed E-state index contributed by atoms with van der Waals surface area (Å²) in [6, 6.07) is 6.47. The Hall–Kier alpha value is -1.11. The normalized spacial score (nSPS) is 16.7. The fourth-order valence-corrected chi connectivity index (χ4v) is 4.31. The quantitative estimate of drug-likeness (QED) is 0.768. The van der Waals surface area contributed by atoms with Crippen LogP contribution in [-0.2, 0) is 14.8 Å². The smallest absolute Gasteiger partial charge is 0.242 e. The number of halogens is 1. The minimum Gasteiger partial charge on any atom is -0.353 e. The van der Waals surface area contributed by atoms with Crippen molar-refractivity contribution in [2.24, 2.45) is 0 Å². The van der Waals surface area contributed by atoms with E-state index in [4.69, 9.17) is 11.6 Å². The maximum Gasteiger partial charge on any atom is 0.242 e. The first-order chi connectivity index (χ1) is 11.0. The summed E-state index contributed by atoms with van der Waals surface area (Å²) >= 11 is 5.90. The van der Waals surface area contributed by atoms with Gasteiger partial charge in [0.05, 0.1) is 5.02 Å². The van der Waals surface area contributed by atoms with E-state index in [-0.39, 0.29) is 34.8 Å². The number of amides is 1. The Morgan fingerprint density at radius 3 is 2.43 bits per heavy atom. The number of sulfonamides is 1. The summed E-state index contributed by atoms with van der Waals surface area (Å²) in [5.41, 5.74) is 0. The molecule has 1 aromatic rings. The van der Waals surface area contributed by atoms with Crippen molar-refractivity contribution >= 4 is 27.5 Å². The average Bonchev–Trinajstić information content (AvgIpc) is 2.76. The van der Waals surface area contributed by atoms with Crippen LogP contribution in [0.25, 0.3) is 0 Å². The van der Waals surface area contributed by atoms with Crippen LogP contribution in [0.2, 0.25) is 5.02 Å². The maximum atomic E-state index is 12.1. The maximum absolute atomic E-state index is 12.1. The van der Waals surface area contributed by atoms with Crippen molar-refractivity contribution < 1.29 is 13.2 Å². The van der Waals surface area contributed by atoms with Crippen LogP contribution >= 0.6 is 11.6 Å². The molecule has 2 N–H and O–H groups in total. The molecule has 1 fully saturated rings. The van der Waals surface area contributed by atoms with Crippen LogP contribution in [0.3, 0.4) is 0 Å². The molecule has 7 heteroatoms. The molecule has 1 aromatic carbocycles. The lowest BCUT2D eigenvalue weighted by Crippen LogP contribution is -2.36. The van der Waals surface area contributed by atoms with Gasteiger partial charge in [-0.25, -0.2) is 13.1 Å². The molecule has 1 aliphatic carbocycles. The zero-order chi connectivity index (χ0) is 16.7. The largest absolute Gasteiger partial charge is 0.353 e. The van der Waals surface area contributed by atoms with E-state index in [1.54, 1.807) is 12.1 Å². The summed E-state index contributed by atoms with van der Waals surface area (Å²) in [5.74, 6) is -0.112. The number of benzene rings is 1. The molecule has 23 heavy (non-hydrogen) atoms. The van der Waals surface area contributed by atoms with Gasteiger partial charge in [0.2, 0.25) is 15.9 Å². The van der Waals surface area contributed by atoms with Crippen LogP contribution in [0, 0.1) is 0 Å². The van der Waals surface area contributed by atoms with Crippen molar-refractivity contribution in [2.75, 3.05) is 6.54 Å². The highest BCUT2D eigenvalue weighted by Crippen LogP contribution is 2.20. The molecule has 0 aliphatic heterocycles. The zero-order valence-corrected chi connectivity index (χ0v) is 14.6. The van der Waals surface area contributed by atoms with Crippen LogP contribution in [0.5, 0.6) is 0 Å². The topological polar surface area (TPSA) is 75.3 Å². The molecule has 0 spiro atoms. The van der Waals surface area contributed by atoms with Gasteiger partial charge in [0.25, 0.3) is 0 Å². The summed E-state index contributed by atoms with van der Waals surface area (Å²) in [6.45, 7) is 0.0616. The van der Waals surface area contributed by atoms with Crippen molar-refractivity contribution in [2.45, 2.75) is 55.9 Å². The molecule has 1 saturated carbocycles. The number of carbonyl (C=O) groups excluding carboxylic acids is 1. The lowest BCUT2D eigenvalue weighted by Gasteiger charge is -2.16. The van der Waals surface area contributed by atoms with Crippen molar-refractivity contribution in [1.82, 2.24) is 10.0 Å². The Kier molecular flexibility index (Phi) is 6.87. The van der Waals surface area contributed by atoms with Gasteiger partial charge in [0.15, 0.2) is 0 Å². The Morgan fingerprint density at radius 2 is 1.78 bits per heavy atom. The lowest BCUT2D eigenvalue weighted by atomic mass is 10.1. The van der Waals surface area contributed by atoms with E-state index in [1.165, 1.54) is 25.0 Å². The predicted octanol–water partition coefficient (Wildman–Crippen LogP) is 2.85. The van der Waals surface area contributed by atoms with E-state index in [9.17, 15) is 13.2 Å². The molecule has 0 bridgehead atoms. The molecular formula is C16H23ClN2O3S. The number of nitrogens with one attached hydrogen (secondary N) is 2. The Balaban J connectivity index is 1.79. The van der Waals surface area contributed by atoms with Crippen LogP contribution in [0.4, 0.5) is 0 Å². The highest BCUT2D eigenvalue weighted by Gasteiger charge is 2.18. The molecular weight excluding hydrogens is 336 g/mol. The van der Waals surface area contributed by atoms with Crippen molar-refractivity contribution in [3.63, 3.8) is 0 Å². The van der Waals surface area contributed by atoms with Crippen LogP contribution in [0.1, 0.15) is 44.9 Å². The highest BCUT2D eigenvalue weighted by molar-refractivity contribution is 7.89. The molecule has 0 heterocycles. The Bertz CT molecular complexity index is 626. The number of hydrogen-bond acceptors (Lipinski definition) is 3. The van der Waals surface area contributed by atoms with Gasteiger partial charge in [0.1, 0.15) is 4.90 Å². The van der Waals surface area contributed by atoms with Gasteiger partial charge in [-0.1, -0.05) is 49.4 Å². The van der Waals surface area contributed by atoms with Gasteiger partial charge in [-0.3, -0.25) is 4.79 Å². The summed E-state index contributed by atoms with van der Waals surface area (Å²) in [4.78, 5) is 12.0. The predicted molar refractivity (Wildman–Crippen MR) is 90.9 cm³/mol. The third-order valence-electron chi connectivity index (χ3n) is 3.99.